The lowest BCUT2D eigenvalue weighted by molar-refractivity contribution is -0.117. The van der Waals surface area contributed by atoms with Crippen molar-refractivity contribution in [2.75, 3.05) is 36.7 Å². The first-order valence-corrected chi connectivity index (χ1v) is 8.72. The zero-order chi connectivity index (χ0) is 18.7. The molecule has 1 amide bonds. The van der Waals surface area contributed by atoms with Crippen LogP contribution in [0.5, 0.6) is 11.5 Å². The monoisotopic (exact) mass is 355 g/mol. The van der Waals surface area contributed by atoms with Gasteiger partial charge in [-0.2, -0.15) is 0 Å². The number of nitrogens with one attached hydrogen (secondary N) is 1. The molecular formula is C20H25N3O3. The highest BCUT2D eigenvalue weighted by Gasteiger charge is 2.27. The van der Waals surface area contributed by atoms with E-state index in [0.29, 0.717) is 17.2 Å². The van der Waals surface area contributed by atoms with E-state index in [1.807, 2.05) is 25.1 Å². The van der Waals surface area contributed by atoms with Gasteiger partial charge in [0, 0.05) is 24.0 Å². The van der Waals surface area contributed by atoms with Crippen LogP contribution in [0.3, 0.4) is 0 Å². The number of amides is 1. The SMILES string of the molecule is COc1ccc(OC)c(NC(=O)C(C)N2CCCc3c(N)cccc32)c1. The summed E-state index contributed by atoms with van der Waals surface area (Å²) in [5, 5.41) is 2.96. The lowest BCUT2D eigenvalue weighted by Crippen LogP contribution is -2.44. The van der Waals surface area contributed by atoms with Crippen LogP contribution in [0.25, 0.3) is 0 Å². The van der Waals surface area contributed by atoms with Crippen molar-refractivity contribution < 1.29 is 14.3 Å². The molecule has 0 fully saturated rings. The van der Waals surface area contributed by atoms with Gasteiger partial charge in [0.1, 0.15) is 17.5 Å². The Morgan fingerprint density at radius 3 is 2.77 bits per heavy atom. The van der Waals surface area contributed by atoms with Crippen LogP contribution < -0.4 is 25.4 Å². The molecule has 6 heteroatoms. The predicted octanol–water partition coefficient (Wildman–Crippen LogP) is 3.07. The molecule has 0 saturated carbocycles. The molecule has 0 aromatic heterocycles. The lowest BCUT2D eigenvalue weighted by atomic mass is 9.98. The van der Waals surface area contributed by atoms with Gasteiger partial charge in [0.25, 0.3) is 0 Å². The number of nitrogens with zero attached hydrogens (tertiary/aromatic N) is 1. The van der Waals surface area contributed by atoms with Crippen molar-refractivity contribution in [2.45, 2.75) is 25.8 Å². The van der Waals surface area contributed by atoms with E-state index in [9.17, 15) is 4.79 Å². The topological polar surface area (TPSA) is 76.8 Å². The Hall–Kier alpha value is -2.89. The molecule has 2 aromatic rings. The molecule has 138 valence electrons. The van der Waals surface area contributed by atoms with Crippen molar-refractivity contribution in [3.05, 3.63) is 42.0 Å². The molecule has 26 heavy (non-hydrogen) atoms. The smallest absolute Gasteiger partial charge is 0.246 e. The quantitative estimate of drug-likeness (QED) is 0.806. The Bertz CT molecular complexity index is 807. The van der Waals surface area contributed by atoms with Gasteiger partial charge in [-0.1, -0.05) is 6.07 Å². The van der Waals surface area contributed by atoms with E-state index in [1.165, 1.54) is 0 Å². The van der Waals surface area contributed by atoms with Crippen LogP contribution in [0.4, 0.5) is 17.1 Å². The van der Waals surface area contributed by atoms with Crippen LogP contribution in [0.1, 0.15) is 18.9 Å². The largest absolute Gasteiger partial charge is 0.497 e. The van der Waals surface area contributed by atoms with Crippen molar-refractivity contribution in [3.8, 4) is 11.5 Å². The number of carbonyl (C=O) groups excluding carboxylic acids is 1. The summed E-state index contributed by atoms with van der Waals surface area (Å²) in [5.74, 6) is 1.14. The summed E-state index contributed by atoms with van der Waals surface area (Å²) >= 11 is 0. The Kier molecular flexibility index (Phi) is 5.21. The maximum absolute atomic E-state index is 12.9. The number of benzene rings is 2. The predicted molar refractivity (Wildman–Crippen MR) is 104 cm³/mol. The maximum Gasteiger partial charge on any atom is 0.246 e. The molecule has 0 aliphatic carbocycles. The number of hydrogen-bond donors (Lipinski definition) is 2. The van der Waals surface area contributed by atoms with E-state index in [1.54, 1.807) is 32.4 Å². The summed E-state index contributed by atoms with van der Waals surface area (Å²) in [5.41, 5.74) is 9.65. The molecule has 1 unspecified atom stereocenters. The molecule has 2 aromatic carbocycles. The van der Waals surface area contributed by atoms with Gasteiger partial charge in [-0.3, -0.25) is 4.79 Å². The molecule has 0 radical (unpaired) electrons. The number of nitrogen functional groups attached to an aromatic ring is 1. The second kappa shape index (κ2) is 7.56. The molecule has 1 aliphatic rings. The summed E-state index contributed by atoms with van der Waals surface area (Å²) in [6, 6.07) is 10.9. The first kappa shape index (κ1) is 17.9. The molecule has 0 bridgehead atoms. The van der Waals surface area contributed by atoms with E-state index in [0.717, 1.165) is 36.3 Å². The summed E-state index contributed by atoms with van der Waals surface area (Å²) in [7, 11) is 3.16. The average molecular weight is 355 g/mol. The molecule has 0 spiro atoms. The Morgan fingerprint density at radius 2 is 2.04 bits per heavy atom. The minimum atomic E-state index is -0.341. The van der Waals surface area contributed by atoms with Crippen LogP contribution in [-0.4, -0.2) is 32.7 Å². The molecule has 1 aliphatic heterocycles. The van der Waals surface area contributed by atoms with Gasteiger partial charge in [0.05, 0.1) is 19.9 Å². The second-order valence-electron chi connectivity index (χ2n) is 6.37. The van der Waals surface area contributed by atoms with E-state index >= 15 is 0 Å². The number of nitrogens with two attached hydrogens (primary N) is 1. The molecular weight excluding hydrogens is 330 g/mol. The van der Waals surface area contributed by atoms with Crippen LogP contribution in [0, 0.1) is 0 Å². The fraction of sp³-hybridized carbons (Fsp3) is 0.350. The highest BCUT2D eigenvalue weighted by atomic mass is 16.5. The standard InChI is InChI=1S/C20H25N3O3/c1-13(23-11-5-6-15-16(21)7-4-8-18(15)23)20(24)22-17-12-14(25-2)9-10-19(17)26-3/h4,7-10,12-13H,5-6,11,21H2,1-3H3,(H,22,24). The van der Waals surface area contributed by atoms with Crippen molar-refractivity contribution in [3.63, 3.8) is 0 Å². The Labute approximate surface area is 153 Å². The van der Waals surface area contributed by atoms with Gasteiger partial charge in [0.2, 0.25) is 5.91 Å². The molecule has 3 rings (SSSR count). The fourth-order valence-corrected chi connectivity index (χ4v) is 3.37. The van der Waals surface area contributed by atoms with Gasteiger partial charge in [0.15, 0.2) is 0 Å². The highest BCUT2D eigenvalue weighted by Crippen LogP contribution is 2.33. The average Bonchev–Trinajstić information content (AvgIpc) is 2.67. The van der Waals surface area contributed by atoms with Gasteiger partial charge in [-0.25, -0.2) is 0 Å². The van der Waals surface area contributed by atoms with Crippen LogP contribution in [0.2, 0.25) is 0 Å². The molecule has 6 nitrogen and oxygen atoms in total. The van der Waals surface area contributed by atoms with E-state index in [2.05, 4.69) is 10.2 Å². The van der Waals surface area contributed by atoms with Gasteiger partial charge < -0.3 is 25.4 Å². The van der Waals surface area contributed by atoms with E-state index in [-0.39, 0.29) is 11.9 Å². The first-order valence-electron chi connectivity index (χ1n) is 8.72. The lowest BCUT2D eigenvalue weighted by Gasteiger charge is -2.36. The Balaban J connectivity index is 1.83. The number of carbonyl (C=O) groups is 1. The number of rotatable bonds is 5. The summed E-state index contributed by atoms with van der Waals surface area (Å²) in [4.78, 5) is 15.0. The molecule has 1 atom stereocenters. The number of fused-ring (bicyclic) bond motifs is 1. The minimum Gasteiger partial charge on any atom is -0.497 e. The van der Waals surface area contributed by atoms with Crippen LogP contribution in [-0.2, 0) is 11.2 Å². The summed E-state index contributed by atoms with van der Waals surface area (Å²) < 4.78 is 10.6. The second-order valence-corrected chi connectivity index (χ2v) is 6.37. The van der Waals surface area contributed by atoms with Gasteiger partial charge >= 0.3 is 0 Å². The zero-order valence-electron chi connectivity index (χ0n) is 15.4. The summed E-state index contributed by atoms with van der Waals surface area (Å²) in [6.45, 7) is 2.72. The highest BCUT2D eigenvalue weighted by molar-refractivity contribution is 5.98. The van der Waals surface area contributed by atoms with Crippen molar-refractivity contribution >= 4 is 23.0 Å². The minimum absolute atomic E-state index is 0.105. The third kappa shape index (κ3) is 3.40. The zero-order valence-corrected chi connectivity index (χ0v) is 15.4. The van der Waals surface area contributed by atoms with E-state index < -0.39 is 0 Å². The summed E-state index contributed by atoms with van der Waals surface area (Å²) in [6.07, 6.45) is 1.91. The van der Waals surface area contributed by atoms with Gasteiger partial charge in [-0.15, -0.1) is 0 Å². The van der Waals surface area contributed by atoms with Gasteiger partial charge in [-0.05, 0) is 49.6 Å². The third-order valence-electron chi connectivity index (χ3n) is 4.83. The molecule has 0 saturated heterocycles. The molecule has 1 heterocycles. The maximum atomic E-state index is 12.9. The fourth-order valence-electron chi connectivity index (χ4n) is 3.37. The van der Waals surface area contributed by atoms with E-state index in [4.69, 9.17) is 15.2 Å². The molecule has 3 N–H and O–H groups in total. The Morgan fingerprint density at radius 1 is 1.23 bits per heavy atom. The van der Waals surface area contributed by atoms with Crippen LogP contribution in [0.15, 0.2) is 36.4 Å². The number of ether oxygens (including phenoxy) is 2. The number of anilines is 3. The first-order chi connectivity index (χ1) is 12.5. The third-order valence-corrected chi connectivity index (χ3v) is 4.83. The normalized spacial score (nSPS) is 14.3. The van der Waals surface area contributed by atoms with Crippen molar-refractivity contribution in [2.24, 2.45) is 0 Å². The van der Waals surface area contributed by atoms with Crippen molar-refractivity contribution in [1.82, 2.24) is 0 Å². The number of hydrogen-bond acceptors (Lipinski definition) is 5. The number of methoxy groups -OCH3 is 2. The van der Waals surface area contributed by atoms with Crippen LogP contribution >= 0.6 is 0 Å². The van der Waals surface area contributed by atoms with Crippen molar-refractivity contribution in [1.29, 1.82) is 0 Å².